The average molecular weight is 290 g/mol. The zero-order chi connectivity index (χ0) is 14.2. The van der Waals surface area contributed by atoms with Gasteiger partial charge in [-0.3, -0.25) is 4.68 Å². The van der Waals surface area contributed by atoms with Crippen molar-refractivity contribution < 1.29 is 8.42 Å². The quantitative estimate of drug-likeness (QED) is 0.871. The Morgan fingerprint density at radius 3 is 2.80 bits per heavy atom. The summed E-state index contributed by atoms with van der Waals surface area (Å²) in [4.78, 5) is 0. The van der Waals surface area contributed by atoms with E-state index in [0.717, 1.165) is 24.1 Å². The summed E-state index contributed by atoms with van der Waals surface area (Å²) < 4.78 is 26.0. The first-order chi connectivity index (χ1) is 9.54. The smallest absolute Gasteiger partial charge is 0.154 e. The van der Waals surface area contributed by atoms with Crippen LogP contribution in [-0.4, -0.2) is 24.5 Å². The molecule has 1 aromatic heterocycles. The second-order valence-corrected chi connectivity index (χ2v) is 7.78. The van der Waals surface area contributed by atoms with Crippen molar-refractivity contribution in [3.63, 3.8) is 0 Å². The Morgan fingerprint density at radius 2 is 2.10 bits per heavy atom. The van der Waals surface area contributed by atoms with Crippen molar-refractivity contribution in [1.29, 1.82) is 0 Å². The molecule has 0 amide bonds. The first kappa shape index (κ1) is 13.4. The fraction of sp³-hybridized carbons (Fsp3) is 0.400. The maximum absolute atomic E-state index is 12.1. The first-order valence-corrected chi connectivity index (χ1v) is 8.73. The minimum Gasteiger partial charge on any atom is -0.272 e. The van der Waals surface area contributed by atoms with Crippen molar-refractivity contribution in [3.8, 4) is 0 Å². The fourth-order valence-electron chi connectivity index (χ4n) is 3.08. The summed E-state index contributed by atoms with van der Waals surface area (Å²) in [5.41, 5.74) is 2.14. The van der Waals surface area contributed by atoms with Crippen LogP contribution in [0.5, 0.6) is 0 Å². The van der Waals surface area contributed by atoms with Crippen LogP contribution in [0.4, 0.5) is 0 Å². The highest BCUT2D eigenvalue weighted by Gasteiger charge is 2.33. The SMILES string of the molecule is CS(=O)(=O)C1C[C@H](Cn2cccn2)Cc2ccccc21. The van der Waals surface area contributed by atoms with Gasteiger partial charge in [0.15, 0.2) is 9.84 Å². The van der Waals surface area contributed by atoms with Crippen molar-refractivity contribution in [2.24, 2.45) is 5.92 Å². The monoisotopic (exact) mass is 290 g/mol. The third-order valence-corrected chi connectivity index (χ3v) is 5.46. The molecule has 20 heavy (non-hydrogen) atoms. The molecule has 0 spiro atoms. The Hall–Kier alpha value is -1.62. The molecule has 0 radical (unpaired) electrons. The van der Waals surface area contributed by atoms with E-state index in [9.17, 15) is 8.42 Å². The van der Waals surface area contributed by atoms with Crippen LogP contribution in [0.15, 0.2) is 42.7 Å². The number of nitrogens with zero attached hydrogens (tertiary/aromatic N) is 2. The van der Waals surface area contributed by atoms with Gasteiger partial charge in [-0.2, -0.15) is 5.10 Å². The highest BCUT2D eigenvalue weighted by molar-refractivity contribution is 7.90. The molecule has 106 valence electrons. The molecule has 1 unspecified atom stereocenters. The number of hydrogen-bond acceptors (Lipinski definition) is 3. The van der Waals surface area contributed by atoms with Crippen molar-refractivity contribution >= 4 is 9.84 Å². The number of sulfone groups is 1. The molecule has 0 fully saturated rings. The lowest BCUT2D eigenvalue weighted by atomic mass is 9.83. The van der Waals surface area contributed by atoms with Gasteiger partial charge < -0.3 is 0 Å². The molecule has 1 aliphatic rings. The molecule has 2 atom stereocenters. The van der Waals surface area contributed by atoms with Crippen molar-refractivity contribution in [2.75, 3.05) is 6.26 Å². The fourth-order valence-corrected chi connectivity index (χ4v) is 4.39. The lowest BCUT2D eigenvalue weighted by molar-refractivity contribution is 0.367. The van der Waals surface area contributed by atoms with Gasteiger partial charge in [0.05, 0.1) is 5.25 Å². The van der Waals surface area contributed by atoms with Crippen LogP contribution in [0, 0.1) is 5.92 Å². The van der Waals surface area contributed by atoms with Crippen molar-refractivity contribution in [1.82, 2.24) is 9.78 Å². The maximum atomic E-state index is 12.1. The summed E-state index contributed by atoms with van der Waals surface area (Å²) in [6.45, 7) is 0.771. The topological polar surface area (TPSA) is 52.0 Å². The maximum Gasteiger partial charge on any atom is 0.154 e. The van der Waals surface area contributed by atoms with E-state index in [-0.39, 0.29) is 5.25 Å². The van der Waals surface area contributed by atoms with E-state index < -0.39 is 9.84 Å². The summed E-state index contributed by atoms with van der Waals surface area (Å²) in [6, 6.07) is 9.79. The van der Waals surface area contributed by atoms with Crippen LogP contribution >= 0.6 is 0 Å². The van der Waals surface area contributed by atoms with Crippen molar-refractivity contribution in [3.05, 3.63) is 53.9 Å². The van der Waals surface area contributed by atoms with Crippen LogP contribution in [0.2, 0.25) is 0 Å². The van der Waals surface area contributed by atoms with E-state index in [1.54, 1.807) is 6.20 Å². The predicted molar refractivity (Wildman–Crippen MR) is 78.1 cm³/mol. The van der Waals surface area contributed by atoms with Gasteiger partial charge in [-0.1, -0.05) is 24.3 Å². The Balaban J connectivity index is 1.92. The van der Waals surface area contributed by atoms with Crippen LogP contribution < -0.4 is 0 Å². The van der Waals surface area contributed by atoms with E-state index in [1.165, 1.54) is 6.26 Å². The van der Waals surface area contributed by atoms with E-state index in [4.69, 9.17) is 0 Å². The van der Waals surface area contributed by atoms with Gasteiger partial charge in [-0.05, 0) is 36.0 Å². The first-order valence-electron chi connectivity index (χ1n) is 6.78. The third kappa shape index (κ3) is 2.63. The zero-order valence-corrected chi connectivity index (χ0v) is 12.3. The zero-order valence-electron chi connectivity index (χ0n) is 11.4. The predicted octanol–water partition coefficient (Wildman–Crippen LogP) is 2.23. The number of benzene rings is 1. The van der Waals surface area contributed by atoms with E-state index in [2.05, 4.69) is 5.10 Å². The number of hydrogen-bond donors (Lipinski definition) is 0. The molecule has 0 aliphatic heterocycles. The van der Waals surface area contributed by atoms with Crippen molar-refractivity contribution in [2.45, 2.75) is 24.6 Å². The molecule has 0 bridgehead atoms. The standard InChI is InChI=1S/C15H18N2O2S/c1-20(18,19)15-10-12(11-17-8-4-7-16-17)9-13-5-2-3-6-14(13)15/h2-8,12,15H,9-11H2,1H3/t12-,15?/m1/s1. The molecule has 1 aromatic carbocycles. The lowest BCUT2D eigenvalue weighted by Gasteiger charge is -2.30. The summed E-state index contributed by atoms with van der Waals surface area (Å²) in [6.07, 6.45) is 6.61. The van der Waals surface area contributed by atoms with Gasteiger partial charge in [0.2, 0.25) is 0 Å². The second kappa shape index (κ2) is 5.05. The molecule has 2 aromatic rings. The summed E-state index contributed by atoms with van der Waals surface area (Å²) >= 11 is 0. The van der Waals surface area contributed by atoms with E-state index >= 15 is 0 Å². The number of aromatic nitrogens is 2. The summed E-state index contributed by atoms with van der Waals surface area (Å²) in [5.74, 6) is 0.310. The van der Waals surface area contributed by atoms with Gasteiger partial charge >= 0.3 is 0 Å². The number of fused-ring (bicyclic) bond motifs is 1. The molecule has 0 N–H and O–H groups in total. The Morgan fingerprint density at radius 1 is 1.30 bits per heavy atom. The molecule has 0 saturated carbocycles. The summed E-state index contributed by atoms with van der Waals surface area (Å²) in [7, 11) is -3.08. The molecule has 1 aliphatic carbocycles. The molecule has 3 rings (SSSR count). The second-order valence-electron chi connectivity index (χ2n) is 5.55. The number of rotatable bonds is 3. The average Bonchev–Trinajstić information content (AvgIpc) is 2.89. The van der Waals surface area contributed by atoms with Crippen LogP contribution in [0.25, 0.3) is 0 Å². The Labute approximate surface area is 119 Å². The molecule has 4 nitrogen and oxygen atoms in total. The van der Waals surface area contributed by atoms with E-state index in [1.807, 2.05) is 41.2 Å². The normalized spacial score (nSPS) is 22.4. The molecule has 1 heterocycles. The van der Waals surface area contributed by atoms with Crippen LogP contribution in [0.1, 0.15) is 22.8 Å². The van der Waals surface area contributed by atoms with Crippen LogP contribution in [0.3, 0.4) is 0 Å². The highest BCUT2D eigenvalue weighted by atomic mass is 32.2. The van der Waals surface area contributed by atoms with Gasteiger partial charge in [0.1, 0.15) is 0 Å². The minimum atomic E-state index is -3.08. The van der Waals surface area contributed by atoms with E-state index in [0.29, 0.717) is 12.3 Å². The minimum absolute atomic E-state index is 0.310. The van der Waals surface area contributed by atoms with Crippen LogP contribution in [-0.2, 0) is 22.8 Å². The van der Waals surface area contributed by atoms with Gasteiger partial charge in [0.25, 0.3) is 0 Å². The molecule has 0 saturated heterocycles. The highest BCUT2D eigenvalue weighted by Crippen LogP contribution is 2.38. The Kier molecular flexibility index (Phi) is 3.38. The van der Waals surface area contributed by atoms with Gasteiger partial charge in [-0.25, -0.2) is 8.42 Å². The largest absolute Gasteiger partial charge is 0.272 e. The van der Waals surface area contributed by atoms with Gasteiger partial charge in [0, 0.05) is 25.2 Å². The Bertz CT molecular complexity index is 692. The molecular formula is C15H18N2O2S. The molecular weight excluding hydrogens is 272 g/mol. The van der Waals surface area contributed by atoms with Gasteiger partial charge in [-0.15, -0.1) is 0 Å². The lowest BCUT2D eigenvalue weighted by Crippen LogP contribution is -2.26. The molecule has 5 heteroatoms. The third-order valence-electron chi connectivity index (χ3n) is 3.98. The summed E-state index contributed by atoms with van der Waals surface area (Å²) in [5, 5.41) is 3.84.